The van der Waals surface area contributed by atoms with Crippen LogP contribution in [0.3, 0.4) is 0 Å². The number of aromatic amines is 1. The van der Waals surface area contributed by atoms with Crippen molar-refractivity contribution in [1.29, 1.82) is 0 Å². The SMILES string of the molecule is CN(c1cn[nH]c(=O)c1Cl)C1CNC1. The van der Waals surface area contributed by atoms with Crippen LogP contribution in [0.1, 0.15) is 0 Å². The summed E-state index contributed by atoms with van der Waals surface area (Å²) in [5, 5.41) is 9.37. The van der Waals surface area contributed by atoms with E-state index in [9.17, 15) is 4.79 Å². The molecule has 0 unspecified atom stereocenters. The van der Waals surface area contributed by atoms with E-state index in [-0.39, 0.29) is 10.6 Å². The van der Waals surface area contributed by atoms with E-state index in [4.69, 9.17) is 11.6 Å². The lowest BCUT2D eigenvalue weighted by Gasteiger charge is -2.37. The van der Waals surface area contributed by atoms with E-state index in [1.165, 1.54) is 0 Å². The van der Waals surface area contributed by atoms with Gasteiger partial charge in [0, 0.05) is 20.1 Å². The second kappa shape index (κ2) is 3.59. The number of hydrogen-bond donors (Lipinski definition) is 2. The Bertz CT molecular complexity index is 387. The Morgan fingerprint density at radius 2 is 2.36 bits per heavy atom. The van der Waals surface area contributed by atoms with Crippen LogP contribution in [0.5, 0.6) is 0 Å². The third-order valence-corrected chi connectivity index (χ3v) is 2.83. The third kappa shape index (κ3) is 1.49. The summed E-state index contributed by atoms with van der Waals surface area (Å²) in [7, 11) is 1.91. The summed E-state index contributed by atoms with van der Waals surface area (Å²) in [6, 6.07) is 0.399. The van der Waals surface area contributed by atoms with E-state index < -0.39 is 0 Å². The number of nitrogens with zero attached hydrogens (tertiary/aromatic N) is 2. The molecule has 5 nitrogen and oxygen atoms in total. The number of H-pyrrole nitrogens is 1. The number of rotatable bonds is 2. The second-order valence-electron chi connectivity index (χ2n) is 3.32. The first kappa shape index (κ1) is 9.48. The molecule has 0 aliphatic carbocycles. The van der Waals surface area contributed by atoms with Gasteiger partial charge in [-0.2, -0.15) is 5.10 Å². The topological polar surface area (TPSA) is 61.0 Å². The van der Waals surface area contributed by atoms with Crippen LogP contribution in [0.2, 0.25) is 5.02 Å². The molecule has 1 fully saturated rings. The molecule has 1 aliphatic rings. The van der Waals surface area contributed by atoms with Crippen molar-refractivity contribution >= 4 is 17.3 Å². The Hall–Kier alpha value is -1.07. The second-order valence-corrected chi connectivity index (χ2v) is 3.70. The van der Waals surface area contributed by atoms with Gasteiger partial charge in [-0.25, -0.2) is 5.10 Å². The Morgan fingerprint density at radius 1 is 1.64 bits per heavy atom. The van der Waals surface area contributed by atoms with Crippen LogP contribution >= 0.6 is 11.6 Å². The Labute approximate surface area is 86.1 Å². The van der Waals surface area contributed by atoms with Crippen molar-refractivity contribution in [2.75, 3.05) is 25.0 Å². The molecule has 2 heterocycles. The van der Waals surface area contributed by atoms with Crippen LogP contribution in [0.25, 0.3) is 0 Å². The van der Waals surface area contributed by atoms with Crippen molar-refractivity contribution in [2.45, 2.75) is 6.04 Å². The number of halogens is 1. The molecule has 2 rings (SSSR count). The maximum absolute atomic E-state index is 11.2. The van der Waals surface area contributed by atoms with Gasteiger partial charge in [0.15, 0.2) is 0 Å². The minimum atomic E-state index is -0.344. The number of hydrogen-bond acceptors (Lipinski definition) is 4. The summed E-state index contributed by atoms with van der Waals surface area (Å²) in [4.78, 5) is 13.2. The van der Waals surface area contributed by atoms with Gasteiger partial charge < -0.3 is 10.2 Å². The standard InChI is InChI=1S/C8H11ClN4O/c1-13(5-2-10-3-5)6-4-11-12-8(14)7(6)9/h4-5,10H,2-3H2,1H3,(H,12,14). The Balaban J connectivity index is 2.30. The molecule has 0 atom stereocenters. The summed E-state index contributed by atoms with van der Waals surface area (Å²) < 4.78 is 0. The summed E-state index contributed by atoms with van der Waals surface area (Å²) in [5.74, 6) is 0. The molecule has 2 N–H and O–H groups in total. The molecule has 6 heteroatoms. The fraction of sp³-hybridized carbons (Fsp3) is 0.500. The molecule has 0 bridgehead atoms. The number of anilines is 1. The fourth-order valence-corrected chi connectivity index (χ4v) is 1.59. The summed E-state index contributed by atoms with van der Waals surface area (Å²) in [5.41, 5.74) is 0.338. The van der Waals surface area contributed by atoms with Crippen LogP contribution in [0, 0.1) is 0 Å². The molecule has 1 aromatic rings. The molecule has 0 aromatic carbocycles. The van der Waals surface area contributed by atoms with Gasteiger partial charge in [-0.3, -0.25) is 4.79 Å². The van der Waals surface area contributed by atoms with E-state index in [0.717, 1.165) is 13.1 Å². The van der Waals surface area contributed by atoms with E-state index >= 15 is 0 Å². The van der Waals surface area contributed by atoms with E-state index in [1.807, 2.05) is 11.9 Å². The molecule has 76 valence electrons. The zero-order chi connectivity index (χ0) is 10.1. The minimum absolute atomic E-state index is 0.203. The van der Waals surface area contributed by atoms with Gasteiger partial charge in [-0.05, 0) is 0 Å². The molecule has 0 spiro atoms. The first-order chi connectivity index (χ1) is 6.70. The lowest BCUT2D eigenvalue weighted by Crippen LogP contribution is -2.56. The first-order valence-corrected chi connectivity index (χ1v) is 4.74. The monoisotopic (exact) mass is 214 g/mol. The zero-order valence-corrected chi connectivity index (χ0v) is 8.51. The third-order valence-electron chi connectivity index (χ3n) is 2.46. The van der Waals surface area contributed by atoms with Gasteiger partial charge in [-0.1, -0.05) is 11.6 Å². The highest BCUT2D eigenvalue weighted by molar-refractivity contribution is 6.32. The van der Waals surface area contributed by atoms with Crippen LogP contribution in [-0.2, 0) is 0 Å². The molecular formula is C8H11ClN4O. The van der Waals surface area contributed by atoms with Gasteiger partial charge in [0.1, 0.15) is 5.02 Å². The minimum Gasteiger partial charge on any atom is -0.366 e. The number of likely N-dealkylation sites (N-methyl/N-ethyl adjacent to an activating group) is 1. The maximum Gasteiger partial charge on any atom is 0.285 e. The van der Waals surface area contributed by atoms with Gasteiger partial charge in [0.25, 0.3) is 5.56 Å². The fourth-order valence-electron chi connectivity index (χ4n) is 1.36. The van der Waals surface area contributed by atoms with E-state index in [0.29, 0.717) is 11.7 Å². The predicted molar refractivity (Wildman–Crippen MR) is 54.9 cm³/mol. The largest absolute Gasteiger partial charge is 0.366 e. The van der Waals surface area contributed by atoms with E-state index in [2.05, 4.69) is 15.5 Å². The summed E-state index contributed by atoms with van der Waals surface area (Å²) >= 11 is 5.87. The van der Waals surface area contributed by atoms with Gasteiger partial charge in [0.05, 0.1) is 17.9 Å². The van der Waals surface area contributed by atoms with E-state index in [1.54, 1.807) is 6.20 Å². The highest BCUT2D eigenvalue weighted by Gasteiger charge is 2.23. The highest BCUT2D eigenvalue weighted by Crippen LogP contribution is 2.21. The summed E-state index contributed by atoms with van der Waals surface area (Å²) in [6.45, 7) is 1.83. The summed E-state index contributed by atoms with van der Waals surface area (Å²) in [6.07, 6.45) is 1.57. The average molecular weight is 215 g/mol. The quantitative estimate of drug-likeness (QED) is 0.718. The first-order valence-electron chi connectivity index (χ1n) is 4.37. The van der Waals surface area contributed by atoms with Crippen molar-refractivity contribution in [3.05, 3.63) is 21.6 Å². The lowest BCUT2D eigenvalue weighted by atomic mass is 10.1. The predicted octanol–water partition coefficient (Wildman–Crippen LogP) is -0.169. The normalized spacial score (nSPS) is 16.4. The zero-order valence-electron chi connectivity index (χ0n) is 7.75. The molecule has 1 aliphatic heterocycles. The number of nitrogens with one attached hydrogen (secondary N) is 2. The molecule has 0 amide bonds. The Morgan fingerprint density at radius 3 is 2.93 bits per heavy atom. The number of aromatic nitrogens is 2. The average Bonchev–Trinajstić information content (AvgIpc) is 2.06. The Kier molecular flexibility index (Phi) is 2.43. The highest BCUT2D eigenvalue weighted by atomic mass is 35.5. The maximum atomic E-state index is 11.2. The van der Waals surface area contributed by atoms with Gasteiger partial charge in [-0.15, -0.1) is 0 Å². The van der Waals surface area contributed by atoms with Crippen molar-refractivity contribution < 1.29 is 0 Å². The smallest absolute Gasteiger partial charge is 0.285 e. The van der Waals surface area contributed by atoms with Crippen LogP contribution in [0.4, 0.5) is 5.69 Å². The van der Waals surface area contributed by atoms with Crippen molar-refractivity contribution in [1.82, 2.24) is 15.5 Å². The van der Waals surface area contributed by atoms with Crippen LogP contribution < -0.4 is 15.8 Å². The lowest BCUT2D eigenvalue weighted by molar-refractivity contribution is 0.428. The molecule has 14 heavy (non-hydrogen) atoms. The molecule has 0 saturated carbocycles. The molecule has 1 aromatic heterocycles. The molecule has 1 saturated heterocycles. The van der Waals surface area contributed by atoms with Crippen molar-refractivity contribution in [3.63, 3.8) is 0 Å². The van der Waals surface area contributed by atoms with Gasteiger partial charge in [0.2, 0.25) is 0 Å². The van der Waals surface area contributed by atoms with Crippen molar-refractivity contribution in [3.8, 4) is 0 Å². The van der Waals surface area contributed by atoms with Crippen LogP contribution in [-0.4, -0.2) is 36.4 Å². The molecular weight excluding hydrogens is 204 g/mol. The van der Waals surface area contributed by atoms with Gasteiger partial charge >= 0.3 is 0 Å². The molecule has 0 radical (unpaired) electrons. The van der Waals surface area contributed by atoms with Crippen molar-refractivity contribution in [2.24, 2.45) is 0 Å². The van der Waals surface area contributed by atoms with Crippen LogP contribution in [0.15, 0.2) is 11.0 Å².